The van der Waals surface area contributed by atoms with Crippen LogP contribution in [0.4, 0.5) is 11.4 Å². The topological polar surface area (TPSA) is 56.5 Å². The summed E-state index contributed by atoms with van der Waals surface area (Å²) in [5, 5.41) is 10.8. The molecule has 0 unspecified atom stereocenters. The van der Waals surface area contributed by atoms with Crippen molar-refractivity contribution in [1.82, 2.24) is 0 Å². The number of carbonyl (C=O) groups is 1. The maximum Gasteiger partial charge on any atom is 0.277 e. The third-order valence-corrected chi connectivity index (χ3v) is 4.67. The minimum Gasteiger partial charge on any atom is -0.306 e. The largest absolute Gasteiger partial charge is 0.306 e. The number of para-hydroxylation sites is 1. The van der Waals surface area contributed by atoms with Crippen LogP contribution in [0.2, 0.25) is 0 Å². The third kappa shape index (κ3) is 3.75. The maximum absolute atomic E-state index is 12.9. The number of benzene rings is 2. The SMILES string of the molecule is CC(C)CCN1C(=O)C(=Nc2ccc(SC#N)cc2)c2ccccc21. The van der Waals surface area contributed by atoms with Gasteiger partial charge >= 0.3 is 0 Å². The molecule has 25 heavy (non-hydrogen) atoms. The molecule has 1 heterocycles. The lowest BCUT2D eigenvalue weighted by Gasteiger charge is -2.17. The van der Waals surface area contributed by atoms with Gasteiger partial charge in [-0.15, -0.1) is 0 Å². The van der Waals surface area contributed by atoms with E-state index in [-0.39, 0.29) is 5.91 Å². The normalized spacial score (nSPS) is 14.9. The second-order valence-electron chi connectivity index (χ2n) is 6.30. The molecule has 2 aromatic carbocycles. The quantitative estimate of drug-likeness (QED) is 0.577. The zero-order valence-electron chi connectivity index (χ0n) is 14.3. The van der Waals surface area contributed by atoms with Gasteiger partial charge in [-0.25, -0.2) is 4.99 Å². The highest BCUT2D eigenvalue weighted by Gasteiger charge is 2.33. The number of fused-ring (bicyclic) bond motifs is 1. The Morgan fingerprint density at radius 1 is 1.16 bits per heavy atom. The lowest BCUT2D eigenvalue weighted by atomic mass is 10.1. The molecule has 0 N–H and O–H groups in total. The molecular formula is C20H19N3OS. The Morgan fingerprint density at radius 2 is 1.88 bits per heavy atom. The first-order chi connectivity index (χ1) is 12.1. The van der Waals surface area contributed by atoms with Crippen molar-refractivity contribution in [1.29, 1.82) is 5.26 Å². The summed E-state index contributed by atoms with van der Waals surface area (Å²) in [5.41, 5.74) is 3.02. The fourth-order valence-corrected chi connectivity index (χ4v) is 3.13. The van der Waals surface area contributed by atoms with E-state index in [4.69, 9.17) is 5.26 Å². The van der Waals surface area contributed by atoms with Gasteiger partial charge in [0, 0.05) is 17.0 Å². The second-order valence-corrected chi connectivity index (χ2v) is 7.16. The first kappa shape index (κ1) is 17.2. The average Bonchev–Trinajstić information content (AvgIpc) is 2.87. The van der Waals surface area contributed by atoms with E-state index in [1.807, 2.05) is 58.8 Å². The molecule has 0 atom stereocenters. The van der Waals surface area contributed by atoms with Crippen LogP contribution in [-0.2, 0) is 4.79 Å². The first-order valence-corrected chi connectivity index (χ1v) is 9.07. The highest BCUT2D eigenvalue weighted by Crippen LogP contribution is 2.31. The molecule has 0 bridgehead atoms. The number of aliphatic imine (C=N–C) groups is 1. The number of nitriles is 1. The lowest BCUT2D eigenvalue weighted by Crippen LogP contribution is -2.31. The maximum atomic E-state index is 12.9. The minimum atomic E-state index is -0.0441. The van der Waals surface area contributed by atoms with Crippen molar-refractivity contribution in [3.8, 4) is 5.40 Å². The highest BCUT2D eigenvalue weighted by atomic mass is 32.2. The molecule has 1 aliphatic rings. The number of carbonyl (C=O) groups excluding carboxylic acids is 1. The van der Waals surface area contributed by atoms with Gasteiger partial charge < -0.3 is 4.90 Å². The molecule has 0 saturated carbocycles. The Hall–Kier alpha value is -2.58. The fourth-order valence-electron chi connectivity index (χ4n) is 2.75. The summed E-state index contributed by atoms with van der Waals surface area (Å²) in [6, 6.07) is 15.2. The average molecular weight is 349 g/mol. The molecule has 0 radical (unpaired) electrons. The molecule has 0 aromatic heterocycles. The standard InChI is InChI=1S/C20H19N3OS/c1-14(2)11-12-23-18-6-4-3-5-17(18)19(20(23)24)22-15-7-9-16(10-8-15)25-13-21/h3-10,14H,11-12H2,1-2H3. The van der Waals surface area contributed by atoms with Crippen LogP contribution >= 0.6 is 11.8 Å². The summed E-state index contributed by atoms with van der Waals surface area (Å²) in [6.45, 7) is 5.01. The summed E-state index contributed by atoms with van der Waals surface area (Å²) in [5.74, 6) is 0.489. The summed E-state index contributed by atoms with van der Waals surface area (Å²) in [4.78, 5) is 20.2. The van der Waals surface area contributed by atoms with Crippen molar-refractivity contribution in [3.05, 3.63) is 54.1 Å². The van der Waals surface area contributed by atoms with E-state index in [1.165, 1.54) is 0 Å². The number of thiocyanates is 1. The van der Waals surface area contributed by atoms with Gasteiger partial charge in [-0.1, -0.05) is 32.0 Å². The van der Waals surface area contributed by atoms with Crippen molar-refractivity contribution in [2.75, 3.05) is 11.4 Å². The number of amides is 1. The lowest BCUT2D eigenvalue weighted by molar-refractivity contribution is -0.112. The molecule has 0 spiro atoms. The summed E-state index contributed by atoms with van der Waals surface area (Å²) >= 11 is 1.11. The van der Waals surface area contributed by atoms with Crippen molar-refractivity contribution in [2.24, 2.45) is 10.9 Å². The summed E-state index contributed by atoms with van der Waals surface area (Å²) in [7, 11) is 0. The van der Waals surface area contributed by atoms with Gasteiger partial charge in [0.15, 0.2) is 0 Å². The third-order valence-electron chi connectivity index (χ3n) is 4.07. The van der Waals surface area contributed by atoms with Crippen LogP contribution in [0.25, 0.3) is 0 Å². The van der Waals surface area contributed by atoms with Crippen LogP contribution in [-0.4, -0.2) is 18.2 Å². The Labute approximate surface area is 152 Å². The van der Waals surface area contributed by atoms with Crippen LogP contribution in [0, 0.1) is 16.6 Å². The second kappa shape index (κ2) is 7.54. The predicted octanol–water partition coefficient (Wildman–Crippen LogP) is 4.77. The molecule has 126 valence electrons. The Morgan fingerprint density at radius 3 is 2.56 bits per heavy atom. The van der Waals surface area contributed by atoms with Gasteiger partial charge in [-0.2, -0.15) is 5.26 Å². The number of hydrogen-bond donors (Lipinski definition) is 0. The zero-order chi connectivity index (χ0) is 17.8. The van der Waals surface area contributed by atoms with Crippen LogP contribution < -0.4 is 4.90 Å². The Kier molecular flexibility index (Phi) is 5.20. The molecule has 0 aliphatic carbocycles. The van der Waals surface area contributed by atoms with Gasteiger partial charge in [0.1, 0.15) is 11.1 Å². The monoisotopic (exact) mass is 349 g/mol. The van der Waals surface area contributed by atoms with E-state index in [1.54, 1.807) is 0 Å². The molecule has 1 amide bonds. The van der Waals surface area contributed by atoms with Crippen LogP contribution in [0.3, 0.4) is 0 Å². The Bertz CT molecular complexity index is 850. The van der Waals surface area contributed by atoms with E-state index in [9.17, 15) is 4.79 Å². The summed E-state index contributed by atoms with van der Waals surface area (Å²) in [6.07, 6.45) is 0.952. The number of nitrogens with zero attached hydrogens (tertiary/aromatic N) is 3. The molecule has 2 aromatic rings. The van der Waals surface area contributed by atoms with Gasteiger partial charge in [-0.3, -0.25) is 4.79 Å². The van der Waals surface area contributed by atoms with E-state index in [0.717, 1.165) is 34.3 Å². The predicted molar refractivity (Wildman–Crippen MR) is 102 cm³/mol. The van der Waals surface area contributed by atoms with Crippen molar-refractivity contribution >= 4 is 34.8 Å². The Balaban J connectivity index is 1.93. The van der Waals surface area contributed by atoms with Gasteiger partial charge in [0.25, 0.3) is 5.91 Å². The van der Waals surface area contributed by atoms with Crippen molar-refractivity contribution < 1.29 is 4.79 Å². The molecule has 1 aliphatic heterocycles. The van der Waals surface area contributed by atoms with Crippen molar-refractivity contribution in [2.45, 2.75) is 25.2 Å². The van der Waals surface area contributed by atoms with E-state index in [0.29, 0.717) is 23.9 Å². The van der Waals surface area contributed by atoms with Crippen LogP contribution in [0.15, 0.2) is 58.4 Å². The smallest absolute Gasteiger partial charge is 0.277 e. The van der Waals surface area contributed by atoms with E-state index < -0.39 is 0 Å². The fraction of sp³-hybridized carbons (Fsp3) is 0.250. The molecule has 4 nitrogen and oxygen atoms in total. The van der Waals surface area contributed by atoms with Crippen LogP contribution in [0.1, 0.15) is 25.8 Å². The van der Waals surface area contributed by atoms with Gasteiger partial charge in [-0.05, 0) is 54.4 Å². The first-order valence-electron chi connectivity index (χ1n) is 8.26. The minimum absolute atomic E-state index is 0.0441. The number of thioether (sulfide) groups is 1. The molecule has 5 heteroatoms. The van der Waals surface area contributed by atoms with Gasteiger partial charge in [0.2, 0.25) is 0 Å². The molecule has 0 saturated heterocycles. The van der Waals surface area contributed by atoms with E-state index >= 15 is 0 Å². The van der Waals surface area contributed by atoms with Crippen molar-refractivity contribution in [3.63, 3.8) is 0 Å². The zero-order valence-corrected chi connectivity index (χ0v) is 15.1. The molecule has 0 fully saturated rings. The van der Waals surface area contributed by atoms with Gasteiger partial charge in [0.05, 0.1) is 11.4 Å². The van der Waals surface area contributed by atoms with Crippen LogP contribution in [0.5, 0.6) is 0 Å². The number of rotatable bonds is 5. The highest BCUT2D eigenvalue weighted by molar-refractivity contribution is 8.03. The molecule has 3 rings (SSSR count). The number of anilines is 1. The summed E-state index contributed by atoms with van der Waals surface area (Å²) < 4.78 is 0. The molecular weight excluding hydrogens is 330 g/mol. The number of hydrogen-bond acceptors (Lipinski definition) is 4. The van der Waals surface area contributed by atoms with E-state index in [2.05, 4.69) is 18.8 Å².